The van der Waals surface area contributed by atoms with E-state index in [0.29, 0.717) is 64.4 Å². The summed E-state index contributed by atoms with van der Waals surface area (Å²) in [4.78, 5) is 0. The molecule has 0 radical (unpaired) electrons. The molecule has 10 rings (SSSR count). The van der Waals surface area contributed by atoms with E-state index in [1.165, 1.54) is 46.5 Å². The first kappa shape index (κ1) is 56.7. The fourth-order valence-corrected chi connectivity index (χ4v) is 11.6. The van der Waals surface area contributed by atoms with Gasteiger partial charge in [0.25, 0.3) is 0 Å². The molecule has 2 atom stereocenters. The first-order chi connectivity index (χ1) is 38.0. The maximum absolute atomic E-state index is 15.7. The number of benzene rings is 8. The zero-order chi connectivity index (χ0) is 58.4. The summed E-state index contributed by atoms with van der Waals surface area (Å²) in [5, 5.41) is 29.6. The van der Waals surface area contributed by atoms with Gasteiger partial charge in [-0.05, 0) is 191 Å². The third-order valence-corrected chi connectivity index (χ3v) is 16.4. The number of rotatable bonds is 12. The molecule has 8 aromatic carbocycles. The van der Waals surface area contributed by atoms with Crippen LogP contribution in [0.1, 0.15) is 150 Å². The van der Waals surface area contributed by atoms with Crippen LogP contribution in [0, 0.1) is 25.5 Å². The molecule has 6 nitrogen and oxygen atoms in total. The van der Waals surface area contributed by atoms with Crippen molar-refractivity contribution >= 4 is 43.6 Å². The molecular weight excluding hydrogens is 1010 g/mol. The summed E-state index contributed by atoms with van der Waals surface area (Å²) in [5.41, 5.74) is 13.0. The zero-order valence-corrected chi connectivity index (χ0v) is 50.3. The minimum Gasteiger partial charge on any atom is -0.505 e. The number of ether oxygens (including phenoxy) is 2. The fraction of sp³-hybridized carbons (Fsp3) is 0.342. The highest BCUT2D eigenvalue weighted by Crippen LogP contribution is 2.48. The van der Waals surface area contributed by atoms with Crippen molar-refractivity contribution in [2.24, 2.45) is 0 Å². The van der Waals surface area contributed by atoms with E-state index in [1.807, 2.05) is 52.0 Å². The van der Waals surface area contributed by atoms with E-state index >= 15 is 8.78 Å². The van der Waals surface area contributed by atoms with Gasteiger partial charge in [0, 0.05) is 50.2 Å². The second-order valence-corrected chi connectivity index (χ2v) is 26.8. The summed E-state index contributed by atoms with van der Waals surface area (Å²) in [6.07, 6.45) is 0.781. The van der Waals surface area contributed by atoms with E-state index in [4.69, 9.17) is 9.47 Å². The number of aromatic nitrogens is 2. The minimum absolute atomic E-state index is 0.00589. The zero-order valence-electron chi connectivity index (χ0n) is 50.3. The van der Waals surface area contributed by atoms with Gasteiger partial charge in [0.15, 0.2) is 0 Å². The van der Waals surface area contributed by atoms with Crippen molar-refractivity contribution in [3.05, 3.63) is 178 Å². The Labute approximate surface area is 478 Å². The van der Waals surface area contributed by atoms with Crippen molar-refractivity contribution in [3.63, 3.8) is 0 Å². The lowest BCUT2D eigenvalue weighted by Gasteiger charge is -2.26. The minimum atomic E-state index is -0.460. The summed E-state index contributed by atoms with van der Waals surface area (Å²) in [6, 6.07) is 43.1. The van der Waals surface area contributed by atoms with Gasteiger partial charge in [0.1, 0.15) is 46.8 Å². The third-order valence-electron chi connectivity index (χ3n) is 16.4. The molecule has 0 bridgehead atoms. The molecule has 0 aliphatic rings. The maximum atomic E-state index is 15.7. The molecule has 8 heteroatoms. The van der Waals surface area contributed by atoms with E-state index < -0.39 is 23.8 Å². The van der Waals surface area contributed by atoms with Gasteiger partial charge < -0.3 is 28.8 Å². The Morgan fingerprint density at radius 2 is 0.691 bits per heavy atom. The molecule has 81 heavy (non-hydrogen) atoms. The summed E-state index contributed by atoms with van der Waals surface area (Å²) in [6.45, 7) is 34.7. The summed E-state index contributed by atoms with van der Waals surface area (Å²) < 4.78 is 49.4. The fourth-order valence-electron chi connectivity index (χ4n) is 11.6. The Balaban J connectivity index is 1.00. The average Bonchev–Trinajstić information content (AvgIpc) is 3.91. The molecule has 0 saturated heterocycles. The highest BCUT2D eigenvalue weighted by atomic mass is 19.1. The van der Waals surface area contributed by atoms with E-state index in [-0.39, 0.29) is 33.2 Å². The Morgan fingerprint density at radius 1 is 0.395 bits per heavy atom. The average molecular weight is 1090 g/mol. The van der Waals surface area contributed by atoms with Crippen LogP contribution in [-0.4, -0.2) is 31.6 Å². The van der Waals surface area contributed by atoms with Crippen molar-refractivity contribution in [3.8, 4) is 56.6 Å². The van der Waals surface area contributed by atoms with Crippen molar-refractivity contribution in [1.29, 1.82) is 0 Å². The van der Waals surface area contributed by atoms with Crippen molar-refractivity contribution in [2.45, 2.75) is 164 Å². The van der Waals surface area contributed by atoms with Gasteiger partial charge in [-0.3, -0.25) is 0 Å². The highest BCUT2D eigenvalue weighted by Gasteiger charge is 2.28. The van der Waals surface area contributed by atoms with Crippen molar-refractivity contribution in [1.82, 2.24) is 9.13 Å². The number of nitrogens with zero attached hydrogens (tertiary/aromatic N) is 2. The Morgan fingerprint density at radius 3 is 0.963 bits per heavy atom. The standard InChI is InChI=1S/C73H80F2N2O4/c1-17-50(80-66-29-23-48(74)39-56(66)58-31-42(3)33-64(68(58)78)76-60-25-19-44(70(5,6)7)35-52(60)53-36-45(71(8,9)10)20-26-61(53)76)41-51(18-2)81-67-30-24-49(75)40-57(67)59-32-43(4)34-65(69(59)79)77-62-27-21-46(72(11,12)13)37-54(62)55-38-47(73(14,15)16)22-28-63(55)77/h19-40,50-51,78-79H,17-18,41H2,1-16H3/t50-,51+. The van der Waals surface area contributed by atoms with E-state index in [1.54, 1.807) is 12.1 Å². The molecular formula is C73H80F2N2O4. The first-order valence-electron chi connectivity index (χ1n) is 28.8. The molecule has 0 fully saturated rings. The number of phenols is 2. The van der Waals surface area contributed by atoms with Gasteiger partial charge >= 0.3 is 0 Å². The van der Waals surface area contributed by atoms with Crippen LogP contribution in [0.3, 0.4) is 0 Å². The van der Waals surface area contributed by atoms with Gasteiger partial charge in [-0.2, -0.15) is 0 Å². The van der Waals surface area contributed by atoms with Crippen LogP contribution in [0.15, 0.2) is 133 Å². The lowest BCUT2D eigenvalue weighted by molar-refractivity contribution is 0.106. The quantitative estimate of drug-likeness (QED) is 0.128. The van der Waals surface area contributed by atoms with Gasteiger partial charge in [-0.25, -0.2) is 8.78 Å². The van der Waals surface area contributed by atoms with E-state index in [9.17, 15) is 10.2 Å². The number of aromatic hydroxyl groups is 2. The molecule has 0 saturated carbocycles. The van der Waals surface area contributed by atoms with Crippen molar-refractivity contribution < 1.29 is 28.5 Å². The number of halogens is 2. The number of aryl methyl sites for hydroxylation is 2. The predicted octanol–water partition coefficient (Wildman–Crippen LogP) is 20.1. The normalized spacial score (nSPS) is 13.5. The second-order valence-electron chi connectivity index (χ2n) is 26.8. The largest absolute Gasteiger partial charge is 0.505 e. The molecule has 0 aliphatic heterocycles. The monoisotopic (exact) mass is 1090 g/mol. The van der Waals surface area contributed by atoms with Crippen molar-refractivity contribution in [2.75, 3.05) is 0 Å². The van der Waals surface area contributed by atoms with Crippen LogP contribution in [0.2, 0.25) is 0 Å². The molecule has 0 amide bonds. The summed E-state index contributed by atoms with van der Waals surface area (Å²) >= 11 is 0. The van der Waals surface area contributed by atoms with E-state index in [2.05, 4.69) is 165 Å². The molecule has 0 aliphatic carbocycles. The summed E-state index contributed by atoms with van der Waals surface area (Å²) in [5.74, 6) is -0.0649. The number of fused-ring (bicyclic) bond motifs is 6. The molecule has 0 spiro atoms. The first-order valence-corrected chi connectivity index (χ1v) is 28.8. The number of hydrogen-bond donors (Lipinski definition) is 2. The van der Waals surface area contributed by atoms with Gasteiger partial charge in [0.2, 0.25) is 0 Å². The predicted molar refractivity (Wildman–Crippen MR) is 334 cm³/mol. The summed E-state index contributed by atoms with van der Waals surface area (Å²) in [7, 11) is 0. The Bertz CT molecular complexity index is 3670. The lowest BCUT2D eigenvalue weighted by atomic mass is 9.85. The molecule has 0 unspecified atom stereocenters. The Hall–Kier alpha value is -7.58. The van der Waals surface area contributed by atoms with Crippen LogP contribution in [0.25, 0.3) is 77.2 Å². The molecule has 2 N–H and O–H groups in total. The van der Waals surface area contributed by atoms with Gasteiger partial charge in [-0.1, -0.05) is 121 Å². The number of hydrogen-bond acceptors (Lipinski definition) is 4. The van der Waals surface area contributed by atoms with Crippen LogP contribution < -0.4 is 9.47 Å². The van der Waals surface area contributed by atoms with Crippen LogP contribution in [0.5, 0.6) is 23.0 Å². The van der Waals surface area contributed by atoms with Crippen LogP contribution >= 0.6 is 0 Å². The van der Waals surface area contributed by atoms with Crippen LogP contribution in [0.4, 0.5) is 8.78 Å². The molecule has 420 valence electrons. The van der Waals surface area contributed by atoms with Gasteiger partial charge in [0.05, 0.1) is 33.4 Å². The van der Waals surface area contributed by atoms with Gasteiger partial charge in [-0.15, -0.1) is 0 Å². The maximum Gasteiger partial charge on any atom is 0.147 e. The van der Waals surface area contributed by atoms with E-state index in [0.717, 1.165) is 54.7 Å². The Kier molecular flexibility index (Phi) is 14.5. The van der Waals surface area contributed by atoms with Crippen LogP contribution in [-0.2, 0) is 21.7 Å². The second kappa shape index (κ2) is 20.8. The lowest BCUT2D eigenvalue weighted by Crippen LogP contribution is -2.27. The number of phenolic OH excluding ortho intramolecular Hbond substituents is 2. The highest BCUT2D eigenvalue weighted by molar-refractivity contribution is 6.11. The molecule has 10 aromatic rings. The SMILES string of the molecule is CC[C@H](C[C@H](CC)Oc1ccc(F)cc1-c1cc(C)cc(-n2c3ccc(C(C)(C)C)cc3c3cc(C(C)(C)C)ccc32)c1O)Oc1ccc(F)cc1-c1cc(C)cc(-n2c3ccc(C(C)(C)C)cc3c3cc(C(C)(C)C)ccc32)c1O. The smallest absolute Gasteiger partial charge is 0.147 e. The third kappa shape index (κ3) is 10.8. The topological polar surface area (TPSA) is 68.8 Å². The molecule has 2 heterocycles. The molecule has 2 aromatic heterocycles.